The summed E-state index contributed by atoms with van der Waals surface area (Å²) in [5.74, 6) is -4.38. The van der Waals surface area contributed by atoms with Crippen LogP contribution < -0.4 is 0 Å². The summed E-state index contributed by atoms with van der Waals surface area (Å²) in [6.45, 7) is 4.47. The summed E-state index contributed by atoms with van der Waals surface area (Å²) in [5.41, 5.74) is 1.41. The third-order valence-electron chi connectivity index (χ3n) is 6.46. The molecule has 0 spiro atoms. The first-order valence-electron chi connectivity index (χ1n) is 11.9. The van der Waals surface area contributed by atoms with Crippen molar-refractivity contribution in [2.24, 2.45) is 10.9 Å². The number of imide groups is 1. The maximum absolute atomic E-state index is 13.4. The van der Waals surface area contributed by atoms with Gasteiger partial charge in [-0.3, -0.25) is 34.4 Å². The lowest BCUT2D eigenvalue weighted by molar-refractivity contribution is -0.384. The predicted octanol–water partition coefficient (Wildman–Crippen LogP) is 3.45. The Hall–Kier alpha value is -4.67. The third kappa shape index (κ3) is 4.82. The molecule has 196 valence electrons. The Labute approximate surface area is 217 Å². The molecule has 0 radical (unpaired) electrons. The topological polar surface area (TPSA) is 145 Å². The summed E-state index contributed by atoms with van der Waals surface area (Å²) >= 11 is 0. The first-order valence-corrected chi connectivity index (χ1v) is 11.9. The first-order chi connectivity index (χ1) is 18.1. The van der Waals surface area contributed by atoms with E-state index in [1.807, 2.05) is 0 Å². The fraction of sp³-hybridized carbons (Fsp3) is 0.296. The van der Waals surface area contributed by atoms with E-state index < -0.39 is 40.5 Å². The Morgan fingerprint density at radius 3 is 2.29 bits per heavy atom. The Balaban J connectivity index is 1.61. The number of ether oxygens (including phenoxy) is 2. The molecule has 0 saturated heterocycles. The van der Waals surface area contributed by atoms with E-state index in [1.54, 1.807) is 51.1 Å². The van der Waals surface area contributed by atoms with Crippen molar-refractivity contribution in [1.29, 1.82) is 0 Å². The number of carbonyl (C=O) groups is 4. The highest BCUT2D eigenvalue weighted by Gasteiger charge is 2.43. The lowest BCUT2D eigenvalue weighted by Gasteiger charge is -2.31. The van der Waals surface area contributed by atoms with Gasteiger partial charge in [0.25, 0.3) is 17.5 Å². The van der Waals surface area contributed by atoms with Crippen LogP contribution in [0.4, 0.5) is 5.69 Å². The standard InChI is InChI=1S/C27H25N3O8/c1-4-37-26(33)21-15(2)28-16(3)22(23(21)17-8-7-9-18(14-17)30(35)36)27(34)38-13-12-29-24(31)19-10-5-6-11-20(19)25(29)32/h5-11,14,21,23H,4,12-13H2,1-3H3. The van der Waals surface area contributed by atoms with Gasteiger partial charge in [-0.1, -0.05) is 24.3 Å². The van der Waals surface area contributed by atoms with Crippen molar-refractivity contribution in [2.75, 3.05) is 19.8 Å². The van der Waals surface area contributed by atoms with Crippen molar-refractivity contribution in [2.45, 2.75) is 26.7 Å². The largest absolute Gasteiger partial charge is 0.465 e. The zero-order chi connectivity index (χ0) is 27.6. The third-order valence-corrected chi connectivity index (χ3v) is 6.46. The molecule has 11 nitrogen and oxygen atoms in total. The summed E-state index contributed by atoms with van der Waals surface area (Å²) < 4.78 is 10.7. The van der Waals surface area contributed by atoms with Crippen LogP contribution >= 0.6 is 0 Å². The fourth-order valence-corrected chi connectivity index (χ4v) is 4.78. The van der Waals surface area contributed by atoms with Crippen LogP contribution in [-0.4, -0.2) is 59.0 Å². The van der Waals surface area contributed by atoms with Gasteiger partial charge in [0.1, 0.15) is 12.5 Å². The van der Waals surface area contributed by atoms with Gasteiger partial charge in [-0.15, -0.1) is 0 Å². The van der Waals surface area contributed by atoms with E-state index in [4.69, 9.17) is 9.47 Å². The minimum Gasteiger partial charge on any atom is -0.465 e. The zero-order valence-electron chi connectivity index (χ0n) is 21.0. The SMILES string of the molecule is CCOC(=O)C1C(C)=NC(C)=C(C(=O)OCCN2C(=O)c3ccccc3C2=O)C1c1cccc([N+](=O)[O-])c1. The van der Waals surface area contributed by atoms with Crippen LogP contribution in [0.25, 0.3) is 0 Å². The average Bonchev–Trinajstić information content (AvgIpc) is 3.13. The fourth-order valence-electron chi connectivity index (χ4n) is 4.78. The highest BCUT2D eigenvalue weighted by molar-refractivity contribution is 6.21. The molecule has 0 fully saturated rings. The number of nitro groups is 1. The van der Waals surface area contributed by atoms with Gasteiger partial charge < -0.3 is 9.47 Å². The van der Waals surface area contributed by atoms with Gasteiger partial charge >= 0.3 is 11.9 Å². The number of nitrogens with zero attached hydrogens (tertiary/aromatic N) is 3. The highest BCUT2D eigenvalue weighted by atomic mass is 16.6. The average molecular weight is 520 g/mol. The van der Waals surface area contributed by atoms with Crippen molar-refractivity contribution in [1.82, 2.24) is 4.90 Å². The normalized spacial score (nSPS) is 18.7. The monoisotopic (exact) mass is 519 g/mol. The second kappa shape index (κ2) is 10.8. The van der Waals surface area contributed by atoms with E-state index in [9.17, 15) is 29.3 Å². The number of fused-ring (bicyclic) bond motifs is 1. The minimum atomic E-state index is -1.01. The lowest BCUT2D eigenvalue weighted by atomic mass is 9.75. The highest BCUT2D eigenvalue weighted by Crippen LogP contribution is 2.41. The van der Waals surface area contributed by atoms with Crippen LogP contribution in [-0.2, 0) is 19.1 Å². The molecule has 0 saturated carbocycles. The molecule has 0 aliphatic carbocycles. The molecule has 2 amide bonds. The molecule has 4 rings (SSSR count). The molecule has 2 aliphatic heterocycles. The van der Waals surface area contributed by atoms with E-state index in [1.165, 1.54) is 18.2 Å². The van der Waals surface area contributed by atoms with Crippen LogP contribution in [0, 0.1) is 16.0 Å². The Kier molecular flexibility index (Phi) is 7.47. The minimum absolute atomic E-state index is 0.0384. The number of aliphatic imine (C=N–C) groups is 1. The predicted molar refractivity (Wildman–Crippen MR) is 135 cm³/mol. The van der Waals surface area contributed by atoms with Crippen molar-refractivity contribution in [3.8, 4) is 0 Å². The smallest absolute Gasteiger partial charge is 0.336 e. The Morgan fingerprint density at radius 1 is 1.03 bits per heavy atom. The van der Waals surface area contributed by atoms with Gasteiger partial charge in [0, 0.05) is 29.5 Å². The molecule has 0 aromatic heterocycles. The van der Waals surface area contributed by atoms with E-state index in [2.05, 4.69) is 4.99 Å². The van der Waals surface area contributed by atoms with Crippen LogP contribution in [0.2, 0.25) is 0 Å². The molecule has 2 aliphatic rings. The number of hydrogen-bond donors (Lipinski definition) is 0. The second-order valence-electron chi connectivity index (χ2n) is 8.76. The number of esters is 2. The number of benzene rings is 2. The maximum atomic E-state index is 13.4. The molecular weight excluding hydrogens is 494 g/mol. The van der Waals surface area contributed by atoms with Gasteiger partial charge in [-0.2, -0.15) is 0 Å². The van der Waals surface area contributed by atoms with Crippen molar-refractivity contribution in [3.05, 3.63) is 86.6 Å². The molecular formula is C27H25N3O8. The summed E-state index contributed by atoms with van der Waals surface area (Å²) in [6.07, 6.45) is 0. The van der Waals surface area contributed by atoms with E-state index in [0.717, 1.165) is 4.90 Å². The van der Waals surface area contributed by atoms with Gasteiger partial charge in [0.15, 0.2) is 0 Å². The van der Waals surface area contributed by atoms with Crippen molar-refractivity contribution in [3.63, 3.8) is 0 Å². The maximum Gasteiger partial charge on any atom is 0.336 e. The van der Waals surface area contributed by atoms with Gasteiger partial charge in [-0.05, 0) is 38.5 Å². The number of non-ortho nitro benzene ring substituents is 1. The first kappa shape index (κ1) is 26.4. The Bertz CT molecular complexity index is 1380. The van der Waals surface area contributed by atoms with E-state index in [0.29, 0.717) is 11.3 Å². The number of allylic oxidation sites excluding steroid dienone is 1. The summed E-state index contributed by atoms with van der Waals surface area (Å²) in [6, 6.07) is 12.1. The van der Waals surface area contributed by atoms with Crippen LogP contribution in [0.3, 0.4) is 0 Å². The molecule has 0 N–H and O–H groups in total. The van der Waals surface area contributed by atoms with Crippen molar-refractivity contribution < 1.29 is 33.6 Å². The van der Waals surface area contributed by atoms with Crippen LogP contribution in [0.15, 0.2) is 64.8 Å². The van der Waals surface area contributed by atoms with Crippen molar-refractivity contribution >= 4 is 35.2 Å². The molecule has 38 heavy (non-hydrogen) atoms. The molecule has 2 unspecified atom stereocenters. The van der Waals surface area contributed by atoms with E-state index >= 15 is 0 Å². The number of rotatable bonds is 8. The quantitative estimate of drug-likeness (QED) is 0.223. The molecule has 2 heterocycles. The molecule has 11 heteroatoms. The number of carbonyl (C=O) groups excluding carboxylic acids is 4. The lowest BCUT2D eigenvalue weighted by Crippen LogP contribution is -2.37. The number of hydrogen-bond acceptors (Lipinski definition) is 9. The summed E-state index contributed by atoms with van der Waals surface area (Å²) in [7, 11) is 0. The summed E-state index contributed by atoms with van der Waals surface area (Å²) in [5, 5.41) is 11.4. The van der Waals surface area contributed by atoms with Gasteiger partial charge in [0.05, 0.1) is 34.8 Å². The van der Waals surface area contributed by atoms with E-state index in [-0.39, 0.29) is 47.8 Å². The Morgan fingerprint density at radius 2 is 1.68 bits per heavy atom. The van der Waals surface area contributed by atoms with Crippen LogP contribution in [0.1, 0.15) is 53.0 Å². The number of amides is 2. The van der Waals surface area contributed by atoms with Gasteiger partial charge in [0.2, 0.25) is 0 Å². The number of nitro benzene ring substituents is 1. The zero-order valence-corrected chi connectivity index (χ0v) is 21.0. The second-order valence-corrected chi connectivity index (χ2v) is 8.76. The molecule has 2 atom stereocenters. The molecule has 2 aromatic rings. The summed E-state index contributed by atoms with van der Waals surface area (Å²) in [4.78, 5) is 67.8. The van der Waals surface area contributed by atoms with Gasteiger partial charge in [-0.25, -0.2) is 4.79 Å². The van der Waals surface area contributed by atoms with Crippen LogP contribution in [0.5, 0.6) is 0 Å². The molecule has 2 aromatic carbocycles. The molecule has 0 bridgehead atoms.